The zero-order chi connectivity index (χ0) is 17.9. The van der Waals surface area contributed by atoms with Gasteiger partial charge in [-0.15, -0.1) is 24.0 Å². The molecule has 2 N–H and O–H groups in total. The highest BCUT2D eigenvalue weighted by molar-refractivity contribution is 14.0. The monoisotopic (exact) mass is 480 g/mol. The van der Waals surface area contributed by atoms with Crippen LogP contribution in [0.5, 0.6) is 0 Å². The van der Waals surface area contributed by atoms with Crippen molar-refractivity contribution in [1.82, 2.24) is 15.5 Å². The van der Waals surface area contributed by atoms with Crippen molar-refractivity contribution in [3.05, 3.63) is 0 Å². The highest BCUT2D eigenvalue weighted by Gasteiger charge is 2.59. The number of hydrogen-bond donors (Lipinski definition) is 2. The van der Waals surface area contributed by atoms with Crippen molar-refractivity contribution >= 4 is 29.9 Å². The van der Waals surface area contributed by atoms with Crippen LogP contribution < -0.4 is 10.6 Å². The van der Waals surface area contributed by atoms with Gasteiger partial charge in [0.2, 0.25) is 0 Å². The fourth-order valence-corrected chi connectivity index (χ4v) is 4.77. The summed E-state index contributed by atoms with van der Waals surface area (Å²) in [4.78, 5) is 7.20. The fourth-order valence-electron chi connectivity index (χ4n) is 4.77. The van der Waals surface area contributed by atoms with E-state index in [-0.39, 0.29) is 29.4 Å². The van der Waals surface area contributed by atoms with Gasteiger partial charge in [-0.25, -0.2) is 0 Å². The maximum Gasteiger partial charge on any atom is 0.191 e. The van der Waals surface area contributed by atoms with Crippen molar-refractivity contribution in [2.24, 2.45) is 16.3 Å². The van der Waals surface area contributed by atoms with Crippen LogP contribution in [0.4, 0.5) is 0 Å². The largest absolute Gasteiger partial charge is 0.383 e. The Morgan fingerprint density at radius 2 is 1.96 bits per heavy atom. The van der Waals surface area contributed by atoms with Crippen molar-refractivity contribution in [2.45, 2.75) is 58.2 Å². The van der Waals surface area contributed by atoms with Crippen LogP contribution in [-0.4, -0.2) is 75.5 Å². The molecule has 0 aromatic carbocycles. The van der Waals surface area contributed by atoms with Gasteiger partial charge in [-0.1, -0.05) is 13.8 Å². The predicted octanol–water partition coefficient (Wildman–Crippen LogP) is 2.08. The first-order valence-corrected chi connectivity index (χ1v) is 9.96. The molecule has 0 bridgehead atoms. The van der Waals surface area contributed by atoms with Gasteiger partial charge in [-0.2, -0.15) is 0 Å². The Bertz CT molecular complexity index is 466. The summed E-state index contributed by atoms with van der Waals surface area (Å²) in [6, 6.07) is 0.968. The summed E-state index contributed by atoms with van der Waals surface area (Å²) >= 11 is 0. The van der Waals surface area contributed by atoms with E-state index in [4.69, 9.17) is 14.5 Å². The quantitative estimate of drug-likeness (QED) is 0.347. The molecular weight excluding hydrogens is 443 g/mol. The number of guanidine groups is 1. The summed E-state index contributed by atoms with van der Waals surface area (Å²) in [6.07, 6.45) is 3.91. The second kappa shape index (κ2) is 9.89. The Balaban J connectivity index is 0.00000243. The lowest BCUT2D eigenvalue weighted by atomic mass is 9.57. The van der Waals surface area contributed by atoms with E-state index in [1.54, 1.807) is 7.11 Å². The molecular formula is C19H37IN4O2. The number of hydrogen-bond acceptors (Lipinski definition) is 4. The number of nitrogens with one attached hydrogen (secondary N) is 2. The topological polar surface area (TPSA) is 58.1 Å². The lowest BCUT2D eigenvalue weighted by Gasteiger charge is -2.55. The molecule has 0 aromatic rings. The van der Waals surface area contributed by atoms with E-state index < -0.39 is 0 Å². The van der Waals surface area contributed by atoms with Crippen molar-refractivity contribution in [3.63, 3.8) is 0 Å². The van der Waals surface area contributed by atoms with E-state index in [0.717, 1.165) is 58.2 Å². The average molecular weight is 480 g/mol. The van der Waals surface area contributed by atoms with Crippen LogP contribution >= 0.6 is 24.0 Å². The van der Waals surface area contributed by atoms with Crippen molar-refractivity contribution in [3.8, 4) is 0 Å². The molecule has 6 nitrogen and oxygen atoms in total. The predicted molar refractivity (Wildman–Crippen MR) is 116 cm³/mol. The van der Waals surface area contributed by atoms with Crippen molar-refractivity contribution in [1.29, 1.82) is 0 Å². The summed E-state index contributed by atoms with van der Waals surface area (Å²) in [6.45, 7) is 12.6. The molecule has 3 unspecified atom stereocenters. The van der Waals surface area contributed by atoms with Crippen LogP contribution in [0.1, 0.15) is 40.0 Å². The van der Waals surface area contributed by atoms with Gasteiger partial charge in [-0.3, -0.25) is 4.99 Å². The Morgan fingerprint density at radius 3 is 2.62 bits per heavy atom. The SMILES string of the molecule is CCN=C(NC1CCN(CCOC)CC1)NC1C2CCOC2C1(C)C.I. The van der Waals surface area contributed by atoms with Gasteiger partial charge in [0.15, 0.2) is 5.96 Å². The molecule has 3 rings (SSSR count). The minimum atomic E-state index is 0. The second-order valence-corrected chi connectivity index (χ2v) is 8.26. The Labute approximate surface area is 175 Å². The minimum Gasteiger partial charge on any atom is -0.383 e. The molecule has 1 aliphatic carbocycles. The third-order valence-electron chi connectivity index (χ3n) is 6.25. The molecule has 0 amide bonds. The number of halogens is 1. The van der Waals surface area contributed by atoms with Gasteiger partial charge < -0.3 is 25.0 Å². The Kier molecular flexibility index (Phi) is 8.43. The molecule has 3 fully saturated rings. The van der Waals surface area contributed by atoms with Gasteiger partial charge in [-0.05, 0) is 26.2 Å². The van der Waals surface area contributed by atoms with Gasteiger partial charge in [0.25, 0.3) is 0 Å². The second-order valence-electron chi connectivity index (χ2n) is 8.26. The number of nitrogens with zero attached hydrogens (tertiary/aromatic N) is 2. The fraction of sp³-hybridized carbons (Fsp3) is 0.947. The van der Waals surface area contributed by atoms with Crippen LogP contribution in [0, 0.1) is 11.3 Å². The average Bonchev–Trinajstić information content (AvgIpc) is 3.06. The van der Waals surface area contributed by atoms with E-state index in [0.29, 0.717) is 24.1 Å². The molecule has 2 aliphatic heterocycles. The number of rotatable bonds is 6. The summed E-state index contributed by atoms with van der Waals surface area (Å²) < 4.78 is 11.1. The highest BCUT2D eigenvalue weighted by Crippen LogP contribution is 2.52. The van der Waals surface area contributed by atoms with Gasteiger partial charge in [0.05, 0.1) is 12.7 Å². The van der Waals surface area contributed by atoms with E-state index in [1.165, 1.54) is 6.42 Å². The zero-order valence-electron chi connectivity index (χ0n) is 16.8. The van der Waals surface area contributed by atoms with Crippen LogP contribution in [0.15, 0.2) is 4.99 Å². The van der Waals surface area contributed by atoms with Crippen LogP contribution in [0.3, 0.4) is 0 Å². The first-order chi connectivity index (χ1) is 12.1. The molecule has 0 radical (unpaired) electrons. The first-order valence-electron chi connectivity index (χ1n) is 9.96. The highest BCUT2D eigenvalue weighted by atomic mass is 127. The maximum atomic E-state index is 5.92. The maximum absolute atomic E-state index is 5.92. The van der Waals surface area contributed by atoms with Gasteiger partial charge >= 0.3 is 0 Å². The first kappa shape index (κ1) is 22.2. The summed E-state index contributed by atoms with van der Waals surface area (Å²) in [7, 11) is 1.77. The van der Waals surface area contributed by atoms with E-state index in [9.17, 15) is 0 Å². The molecule has 2 heterocycles. The minimum absolute atomic E-state index is 0. The summed E-state index contributed by atoms with van der Waals surface area (Å²) in [5.41, 5.74) is 0.181. The molecule has 0 aromatic heterocycles. The Hall–Kier alpha value is -0.120. The summed E-state index contributed by atoms with van der Waals surface area (Å²) in [5.74, 6) is 1.62. The van der Waals surface area contributed by atoms with Crippen LogP contribution in [0.2, 0.25) is 0 Å². The molecule has 3 atom stereocenters. The molecule has 1 saturated carbocycles. The van der Waals surface area contributed by atoms with E-state index in [1.807, 2.05) is 0 Å². The molecule has 2 saturated heterocycles. The third-order valence-corrected chi connectivity index (χ3v) is 6.25. The number of fused-ring (bicyclic) bond motifs is 1. The molecule has 7 heteroatoms. The number of piperidine rings is 1. The molecule has 152 valence electrons. The number of methoxy groups -OCH3 is 1. The van der Waals surface area contributed by atoms with E-state index >= 15 is 0 Å². The Morgan fingerprint density at radius 1 is 1.23 bits per heavy atom. The summed E-state index contributed by atoms with van der Waals surface area (Å²) in [5, 5.41) is 7.42. The third kappa shape index (κ3) is 4.83. The molecule has 3 aliphatic rings. The van der Waals surface area contributed by atoms with Crippen molar-refractivity contribution in [2.75, 3.05) is 46.5 Å². The van der Waals surface area contributed by atoms with Gasteiger partial charge in [0, 0.05) is 63.3 Å². The zero-order valence-corrected chi connectivity index (χ0v) is 19.1. The van der Waals surface area contributed by atoms with Gasteiger partial charge in [0.1, 0.15) is 0 Å². The van der Waals surface area contributed by atoms with E-state index in [2.05, 4.69) is 36.3 Å². The van der Waals surface area contributed by atoms with Crippen molar-refractivity contribution < 1.29 is 9.47 Å². The lowest BCUT2D eigenvalue weighted by Crippen LogP contribution is -2.68. The lowest BCUT2D eigenvalue weighted by molar-refractivity contribution is -0.106. The molecule has 26 heavy (non-hydrogen) atoms. The molecule has 0 spiro atoms. The number of aliphatic imine (C=N–C) groups is 1. The standard InChI is InChI=1S/C19H36N4O2.HI/c1-5-20-18(21-14-6-9-23(10-7-14)11-13-24-4)22-16-15-8-12-25-17(15)19(16,2)3;/h14-17H,5-13H2,1-4H3,(H2,20,21,22);1H. The number of likely N-dealkylation sites (tertiary alicyclic amines) is 1. The smallest absolute Gasteiger partial charge is 0.191 e. The normalized spacial score (nSPS) is 31.7. The van der Waals surface area contributed by atoms with Crippen LogP contribution in [-0.2, 0) is 9.47 Å². The van der Waals surface area contributed by atoms with Crippen LogP contribution in [0.25, 0.3) is 0 Å². The number of ether oxygens (including phenoxy) is 2.